The smallest absolute Gasteiger partial charge is 0.129 e. The van der Waals surface area contributed by atoms with Crippen LogP contribution in [0.5, 0.6) is 5.75 Å². The van der Waals surface area contributed by atoms with Crippen LogP contribution in [0, 0.1) is 11.6 Å². The van der Waals surface area contributed by atoms with E-state index < -0.39 is 37.1 Å². The molecule has 2 atom stereocenters. The Bertz CT molecular complexity index is 432. The molecule has 0 fully saturated rings. The highest BCUT2D eigenvalue weighted by Crippen LogP contribution is 2.16. The summed E-state index contributed by atoms with van der Waals surface area (Å²) in [6, 6.07) is 1.32. The molecule has 0 saturated heterocycles. The second kappa shape index (κ2) is 6.73. The van der Waals surface area contributed by atoms with Crippen molar-refractivity contribution in [2.45, 2.75) is 12.1 Å². The van der Waals surface area contributed by atoms with Crippen molar-refractivity contribution in [2.24, 2.45) is 5.11 Å². The molecule has 0 aliphatic heterocycles. The van der Waals surface area contributed by atoms with E-state index in [2.05, 4.69) is 10.0 Å². The number of hydrogen-bond acceptors (Lipinski definition) is 3. The number of azide groups is 1. The molecule has 98 valence electrons. The van der Waals surface area contributed by atoms with Crippen molar-refractivity contribution in [1.29, 1.82) is 0 Å². The van der Waals surface area contributed by atoms with Crippen molar-refractivity contribution in [1.82, 2.24) is 0 Å². The van der Waals surface area contributed by atoms with Crippen LogP contribution in [0.2, 0.25) is 0 Å². The molecule has 1 rings (SSSR count). The lowest BCUT2D eigenvalue weighted by Crippen LogP contribution is -2.31. The first-order valence-electron chi connectivity index (χ1n) is 4.94. The van der Waals surface area contributed by atoms with Crippen molar-refractivity contribution in [3.63, 3.8) is 0 Å². The second-order valence-corrected chi connectivity index (χ2v) is 3.41. The molecule has 0 saturated carbocycles. The summed E-state index contributed by atoms with van der Waals surface area (Å²) in [6.07, 6.45) is -1.53. The number of hydrogen-bond donors (Lipinski definition) is 1. The lowest BCUT2D eigenvalue weighted by atomic mass is 10.2. The minimum Gasteiger partial charge on any atom is -0.493 e. The number of ether oxygens (including phenoxy) is 1. The highest BCUT2D eigenvalue weighted by atomic mass is 19.1. The SMILES string of the molecule is [N-]=[N+]=NC(COc1cc(F)cc(F)c1)C(O)CF. The van der Waals surface area contributed by atoms with Gasteiger partial charge in [0.2, 0.25) is 0 Å². The van der Waals surface area contributed by atoms with E-state index >= 15 is 0 Å². The Morgan fingerprint density at radius 3 is 2.44 bits per heavy atom. The monoisotopic (exact) mass is 261 g/mol. The fourth-order valence-electron chi connectivity index (χ4n) is 1.18. The lowest BCUT2D eigenvalue weighted by Gasteiger charge is -2.16. The zero-order chi connectivity index (χ0) is 13.5. The van der Waals surface area contributed by atoms with Gasteiger partial charge in [0.25, 0.3) is 0 Å². The summed E-state index contributed by atoms with van der Waals surface area (Å²) in [5, 5.41) is 12.3. The third-order valence-corrected chi connectivity index (χ3v) is 2.06. The van der Waals surface area contributed by atoms with Gasteiger partial charge in [0.1, 0.15) is 24.1 Å². The number of aliphatic hydroxyl groups is 1. The largest absolute Gasteiger partial charge is 0.493 e. The predicted molar refractivity (Wildman–Crippen MR) is 56.8 cm³/mol. The highest BCUT2D eigenvalue weighted by molar-refractivity contribution is 5.23. The zero-order valence-corrected chi connectivity index (χ0v) is 9.13. The molecule has 1 N–H and O–H groups in total. The van der Waals surface area contributed by atoms with Gasteiger partial charge in [0.15, 0.2) is 0 Å². The van der Waals surface area contributed by atoms with Gasteiger partial charge in [-0.3, -0.25) is 0 Å². The number of aliphatic hydroxyl groups excluding tert-OH is 1. The maximum atomic E-state index is 12.8. The van der Waals surface area contributed by atoms with E-state index in [9.17, 15) is 13.2 Å². The summed E-state index contributed by atoms with van der Waals surface area (Å²) in [4.78, 5) is 2.42. The van der Waals surface area contributed by atoms with Crippen LogP contribution >= 0.6 is 0 Å². The molecule has 1 aromatic carbocycles. The molecule has 8 heteroatoms. The van der Waals surface area contributed by atoms with E-state index in [-0.39, 0.29) is 5.75 Å². The van der Waals surface area contributed by atoms with Gasteiger partial charge in [-0.05, 0) is 5.53 Å². The molecule has 0 aliphatic rings. The first-order chi connectivity index (χ1) is 8.56. The molecule has 18 heavy (non-hydrogen) atoms. The van der Waals surface area contributed by atoms with Gasteiger partial charge in [0.05, 0.1) is 18.8 Å². The van der Waals surface area contributed by atoms with Crippen LogP contribution < -0.4 is 4.74 Å². The fraction of sp³-hybridized carbons (Fsp3) is 0.400. The molecule has 0 aliphatic carbocycles. The number of halogens is 3. The molecular weight excluding hydrogens is 251 g/mol. The third-order valence-electron chi connectivity index (χ3n) is 2.06. The summed E-state index contributed by atoms with van der Waals surface area (Å²) in [7, 11) is 0. The Kier molecular flexibility index (Phi) is 5.29. The van der Waals surface area contributed by atoms with Gasteiger partial charge < -0.3 is 9.84 Å². The van der Waals surface area contributed by atoms with Crippen molar-refractivity contribution in [2.75, 3.05) is 13.3 Å². The molecular formula is C10H10F3N3O2. The minimum absolute atomic E-state index is 0.142. The van der Waals surface area contributed by atoms with Crippen LogP contribution in [0.3, 0.4) is 0 Å². The van der Waals surface area contributed by atoms with Gasteiger partial charge in [0, 0.05) is 23.1 Å². The summed E-state index contributed by atoms with van der Waals surface area (Å²) >= 11 is 0. The van der Waals surface area contributed by atoms with Crippen molar-refractivity contribution in [3.05, 3.63) is 40.3 Å². The molecule has 1 aromatic rings. The zero-order valence-electron chi connectivity index (χ0n) is 9.13. The highest BCUT2D eigenvalue weighted by Gasteiger charge is 2.18. The first kappa shape index (κ1) is 14.1. The van der Waals surface area contributed by atoms with E-state index in [0.29, 0.717) is 6.07 Å². The van der Waals surface area contributed by atoms with Crippen molar-refractivity contribution < 1.29 is 23.0 Å². The molecule has 0 heterocycles. The first-order valence-corrected chi connectivity index (χ1v) is 4.94. The summed E-state index contributed by atoms with van der Waals surface area (Å²) in [6.45, 7) is -1.51. The van der Waals surface area contributed by atoms with Gasteiger partial charge in [-0.15, -0.1) is 0 Å². The van der Waals surface area contributed by atoms with E-state index in [1.165, 1.54) is 0 Å². The number of benzene rings is 1. The van der Waals surface area contributed by atoms with Crippen molar-refractivity contribution in [3.8, 4) is 5.75 Å². The lowest BCUT2D eigenvalue weighted by molar-refractivity contribution is 0.0910. The fourth-order valence-corrected chi connectivity index (χ4v) is 1.18. The van der Waals surface area contributed by atoms with Gasteiger partial charge in [-0.25, -0.2) is 13.2 Å². The maximum absolute atomic E-state index is 12.8. The Hall–Kier alpha value is -1.92. The molecule has 0 amide bonds. The maximum Gasteiger partial charge on any atom is 0.129 e. The molecule has 0 spiro atoms. The molecule has 2 unspecified atom stereocenters. The van der Waals surface area contributed by atoms with Crippen LogP contribution in [-0.4, -0.2) is 30.5 Å². The average Bonchev–Trinajstić information content (AvgIpc) is 2.32. The third kappa shape index (κ3) is 4.15. The van der Waals surface area contributed by atoms with Crippen LogP contribution in [-0.2, 0) is 0 Å². The normalized spacial score (nSPS) is 13.6. The number of alkyl halides is 1. The topological polar surface area (TPSA) is 78.2 Å². The molecule has 0 bridgehead atoms. The van der Waals surface area contributed by atoms with E-state index in [4.69, 9.17) is 15.4 Å². The van der Waals surface area contributed by atoms with E-state index in [0.717, 1.165) is 12.1 Å². The van der Waals surface area contributed by atoms with Crippen LogP contribution in [0.4, 0.5) is 13.2 Å². The van der Waals surface area contributed by atoms with E-state index in [1.807, 2.05) is 0 Å². The quantitative estimate of drug-likeness (QED) is 0.484. The van der Waals surface area contributed by atoms with E-state index in [1.54, 1.807) is 0 Å². The van der Waals surface area contributed by atoms with Gasteiger partial charge >= 0.3 is 0 Å². The van der Waals surface area contributed by atoms with Crippen molar-refractivity contribution >= 4 is 0 Å². The van der Waals surface area contributed by atoms with Gasteiger partial charge in [-0.1, -0.05) is 5.11 Å². The van der Waals surface area contributed by atoms with Crippen LogP contribution in [0.25, 0.3) is 10.4 Å². The summed E-state index contributed by atoms with van der Waals surface area (Å²) in [5.74, 6) is -1.82. The average molecular weight is 261 g/mol. The molecule has 0 radical (unpaired) electrons. The second-order valence-electron chi connectivity index (χ2n) is 3.41. The Morgan fingerprint density at radius 2 is 1.94 bits per heavy atom. The van der Waals surface area contributed by atoms with Gasteiger partial charge in [-0.2, -0.15) is 0 Å². The summed E-state index contributed by atoms with van der Waals surface area (Å²) < 4.78 is 42.8. The summed E-state index contributed by atoms with van der Waals surface area (Å²) in [5.41, 5.74) is 8.22. The number of nitrogens with zero attached hydrogens (tertiary/aromatic N) is 3. The molecule has 5 nitrogen and oxygen atoms in total. The minimum atomic E-state index is -1.53. The Labute approximate surface area is 100 Å². The standard InChI is InChI=1S/C10H10F3N3O2/c11-4-10(17)9(15-16-14)5-18-8-2-6(12)1-7(13)3-8/h1-3,9-10,17H,4-5H2. The predicted octanol–water partition coefficient (Wildman–Crippen LogP) is 2.35. The number of rotatable bonds is 6. The Balaban J connectivity index is 2.69. The van der Waals surface area contributed by atoms with Crippen LogP contribution in [0.1, 0.15) is 0 Å². The molecule has 0 aromatic heterocycles. The Morgan fingerprint density at radius 1 is 1.33 bits per heavy atom. The van der Waals surface area contributed by atoms with Crippen LogP contribution in [0.15, 0.2) is 23.3 Å².